The van der Waals surface area contributed by atoms with E-state index in [0.29, 0.717) is 17.9 Å². The van der Waals surface area contributed by atoms with Crippen molar-refractivity contribution in [2.24, 2.45) is 16.5 Å². The highest BCUT2D eigenvalue weighted by Crippen LogP contribution is 2.13. The molecule has 1 unspecified atom stereocenters. The minimum absolute atomic E-state index is 0.0642. The van der Waals surface area contributed by atoms with Crippen molar-refractivity contribution in [1.82, 2.24) is 19.9 Å². The van der Waals surface area contributed by atoms with Gasteiger partial charge in [-0.2, -0.15) is 4.98 Å². The number of nitrogens with zero attached hydrogens (tertiary/aromatic N) is 3. The Bertz CT molecular complexity index is 1000. The van der Waals surface area contributed by atoms with Gasteiger partial charge in [-0.25, -0.2) is 9.18 Å². The highest BCUT2D eigenvalue weighted by atomic mass is 19.1. The Morgan fingerprint density at radius 3 is 2.81 bits per heavy atom. The van der Waals surface area contributed by atoms with Crippen molar-refractivity contribution in [3.8, 4) is 5.69 Å². The summed E-state index contributed by atoms with van der Waals surface area (Å²) in [5, 5.41) is 3.88. The molecule has 2 heterocycles. The molecule has 0 aliphatic carbocycles. The monoisotopic (exact) mass is 371 g/mol. The number of halogens is 1. The molecule has 0 aliphatic heterocycles. The maximum Gasteiger partial charge on any atom is 0.354 e. The van der Waals surface area contributed by atoms with Crippen LogP contribution in [0.1, 0.15) is 11.3 Å². The molecule has 6 N–H and O–H groups in total. The predicted octanol–water partition coefficient (Wildman–Crippen LogP) is 0.723. The number of aryl methyl sites for hydroxylation is 1. The zero-order chi connectivity index (χ0) is 19.4. The molecule has 8 nitrogen and oxygen atoms in total. The Morgan fingerprint density at radius 2 is 2.11 bits per heavy atom. The fraction of sp³-hybridized carbons (Fsp3) is 0.278. The number of aromatic nitrogens is 3. The third-order valence-electron chi connectivity index (χ3n) is 4.02. The summed E-state index contributed by atoms with van der Waals surface area (Å²) in [6.45, 7) is 2.49. The molecular weight excluding hydrogens is 349 g/mol. The summed E-state index contributed by atoms with van der Waals surface area (Å²) >= 11 is 0. The van der Waals surface area contributed by atoms with E-state index in [9.17, 15) is 9.18 Å². The molecule has 0 amide bonds. The van der Waals surface area contributed by atoms with Gasteiger partial charge in [-0.15, -0.1) is 0 Å². The molecule has 0 bridgehead atoms. The van der Waals surface area contributed by atoms with Gasteiger partial charge in [0, 0.05) is 30.4 Å². The summed E-state index contributed by atoms with van der Waals surface area (Å²) < 4.78 is 15.1. The number of benzene rings is 1. The lowest BCUT2D eigenvalue weighted by Crippen LogP contribution is -2.28. The molecule has 0 aliphatic rings. The van der Waals surface area contributed by atoms with E-state index in [4.69, 9.17) is 11.5 Å². The predicted molar refractivity (Wildman–Crippen MR) is 104 cm³/mol. The van der Waals surface area contributed by atoms with Crippen LogP contribution in [-0.4, -0.2) is 39.8 Å². The number of aromatic amines is 1. The van der Waals surface area contributed by atoms with Crippen molar-refractivity contribution < 1.29 is 4.39 Å². The van der Waals surface area contributed by atoms with E-state index < -0.39 is 6.17 Å². The van der Waals surface area contributed by atoms with Crippen LogP contribution in [0.25, 0.3) is 16.7 Å². The Balaban J connectivity index is 1.64. The van der Waals surface area contributed by atoms with Crippen molar-refractivity contribution in [1.29, 1.82) is 0 Å². The lowest BCUT2D eigenvalue weighted by atomic mass is 10.2. The molecule has 0 saturated heterocycles. The van der Waals surface area contributed by atoms with E-state index in [1.165, 1.54) is 4.57 Å². The van der Waals surface area contributed by atoms with Gasteiger partial charge < -0.3 is 21.8 Å². The standard InChI is InChI=1S/C18H22FN7O/c1-11-6-13-10-26(18(27)25-16(13)24-11)15-4-2-12(3-5-15)7-22-8-14(19)9-23-17(20)21/h2-6,10,14,22H,7-9H2,1H3,(H4,20,21,23)(H,24,25,27). The molecular formula is C18H22FN7O. The van der Waals surface area contributed by atoms with Gasteiger partial charge in [-0.05, 0) is 30.7 Å². The van der Waals surface area contributed by atoms with Gasteiger partial charge >= 0.3 is 5.69 Å². The fourth-order valence-corrected chi connectivity index (χ4v) is 2.73. The van der Waals surface area contributed by atoms with Gasteiger partial charge in [0.25, 0.3) is 0 Å². The minimum Gasteiger partial charge on any atom is -0.370 e. The first-order valence-electron chi connectivity index (χ1n) is 8.51. The lowest BCUT2D eigenvalue weighted by molar-refractivity contribution is 0.327. The Morgan fingerprint density at radius 1 is 1.37 bits per heavy atom. The van der Waals surface area contributed by atoms with Crippen LogP contribution >= 0.6 is 0 Å². The number of guanidine groups is 1. The second-order valence-corrected chi connectivity index (χ2v) is 6.31. The third-order valence-corrected chi connectivity index (χ3v) is 4.02. The van der Waals surface area contributed by atoms with Crippen LogP contribution in [0.3, 0.4) is 0 Å². The van der Waals surface area contributed by atoms with E-state index >= 15 is 0 Å². The number of aliphatic imine (C=N–C) groups is 1. The molecule has 142 valence electrons. The molecule has 9 heteroatoms. The molecule has 3 aromatic rings. The Kier molecular flexibility index (Phi) is 5.51. The highest BCUT2D eigenvalue weighted by Gasteiger charge is 2.07. The molecule has 0 saturated carbocycles. The second-order valence-electron chi connectivity index (χ2n) is 6.31. The topological polar surface area (TPSA) is 127 Å². The first kappa shape index (κ1) is 18.6. The normalized spacial score (nSPS) is 12.2. The van der Waals surface area contributed by atoms with Crippen LogP contribution in [-0.2, 0) is 6.54 Å². The van der Waals surface area contributed by atoms with Crippen LogP contribution in [0.2, 0.25) is 0 Å². The third kappa shape index (κ3) is 4.70. The zero-order valence-corrected chi connectivity index (χ0v) is 14.9. The van der Waals surface area contributed by atoms with Crippen molar-refractivity contribution >= 4 is 17.0 Å². The number of nitrogens with one attached hydrogen (secondary N) is 2. The van der Waals surface area contributed by atoms with E-state index in [-0.39, 0.29) is 24.7 Å². The van der Waals surface area contributed by atoms with Gasteiger partial charge in [0.1, 0.15) is 11.8 Å². The van der Waals surface area contributed by atoms with Gasteiger partial charge in [-0.3, -0.25) is 9.56 Å². The molecule has 2 aromatic heterocycles. The lowest BCUT2D eigenvalue weighted by Gasteiger charge is -2.09. The summed E-state index contributed by atoms with van der Waals surface area (Å²) in [5.41, 5.74) is 13.2. The smallest absolute Gasteiger partial charge is 0.354 e. The van der Waals surface area contributed by atoms with Crippen LogP contribution in [0.4, 0.5) is 4.39 Å². The number of fused-ring (bicyclic) bond motifs is 1. The van der Waals surface area contributed by atoms with Gasteiger partial charge in [0.15, 0.2) is 5.96 Å². The molecule has 0 radical (unpaired) electrons. The molecule has 0 spiro atoms. The highest BCUT2D eigenvalue weighted by molar-refractivity contribution is 5.76. The average Bonchev–Trinajstić information content (AvgIpc) is 2.99. The summed E-state index contributed by atoms with van der Waals surface area (Å²) in [6, 6.07) is 9.36. The number of alkyl halides is 1. The number of rotatable bonds is 7. The SMILES string of the molecule is Cc1cc2cn(-c3ccc(CNCC(F)CN=C(N)N)cc3)c(=O)nc2[nH]1. The number of hydrogen-bond acceptors (Lipinski definition) is 4. The Hall–Kier alpha value is -3.20. The van der Waals surface area contributed by atoms with Crippen LogP contribution in [0, 0.1) is 6.92 Å². The first-order valence-corrected chi connectivity index (χ1v) is 8.51. The molecule has 27 heavy (non-hydrogen) atoms. The second kappa shape index (κ2) is 8.00. The van der Waals surface area contributed by atoms with E-state index in [0.717, 1.165) is 16.6 Å². The van der Waals surface area contributed by atoms with Gasteiger partial charge in [0.05, 0.1) is 12.2 Å². The maximum absolute atomic E-state index is 13.6. The van der Waals surface area contributed by atoms with E-state index in [1.54, 1.807) is 6.20 Å². The summed E-state index contributed by atoms with van der Waals surface area (Å²) in [6.07, 6.45) is 0.603. The van der Waals surface area contributed by atoms with Crippen LogP contribution in [0.15, 0.2) is 46.3 Å². The number of H-pyrrole nitrogens is 1. The summed E-state index contributed by atoms with van der Waals surface area (Å²) in [4.78, 5) is 23.0. The molecule has 1 atom stereocenters. The zero-order valence-electron chi connectivity index (χ0n) is 14.9. The first-order chi connectivity index (χ1) is 12.9. The Labute approximate surface area is 155 Å². The summed E-state index contributed by atoms with van der Waals surface area (Å²) in [7, 11) is 0. The van der Waals surface area contributed by atoms with Crippen molar-refractivity contribution in [2.75, 3.05) is 13.1 Å². The van der Waals surface area contributed by atoms with E-state index in [2.05, 4.69) is 20.3 Å². The van der Waals surface area contributed by atoms with Gasteiger partial charge in [-0.1, -0.05) is 12.1 Å². The van der Waals surface area contributed by atoms with Crippen molar-refractivity contribution in [3.05, 3.63) is 58.3 Å². The number of hydrogen-bond donors (Lipinski definition) is 4. The molecule has 3 rings (SSSR count). The fourth-order valence-electron chi connectivity index (χ4n) is 2.73. The van der Waals surface area contributed by atoms with Crippen LogP contribution < -0.4 is 22.5 Å². The van der Waals surface area contributed by atoms with E-state index in [1.807, 2.05) is 37.3 Å². The summed E-state index contributed by atoms with van der Waals surface area (Å²) in [5.74, 6) is -0.119. The van der Waals surface area contributed by atoms with Crippen LogP contribution in [0.5, 0.6) is 0 Å². The number of nitrogens with two attached hydrogens (primary N) is 2. The van der Waals surface area contributed by atoms with Crippen molar-refractivity contribution in [2.45, 2.75) is 19.6 Å². The van der Waals surface area contributed by atoms with Crippen molar-refractivity contribution in [3.63, 3.8) is 0 Å². The molecule has 1 aromatic carbocycles. The minimum atomic E-state index is -1.16. The quantitative estimate of drug-likeness (QED) is 0.360. The molecule has 0 fully saturated rings. The van der Waals surface area contributed by atoms with Gasteiger partial charge in [0.2, 0.25) is 0 Å². The average molecular weight is 371 g/mol. The largest absolute Gasteiger partial charge is 0.370 e. The maximum atomic E-state index is 13.6.